The summed E-state index contributed by atoms with van der Waals surface area (Å²) in [6.07, 6.45) is 0.751. The number of amides is 2. The zero-order valence-corrected chi connectivity index (χ0v) is 9.41. The molecule has 0 aromatic carbocycles. The van der Waals surface area contributed by atoms with Crippen LogP contribution in [0.4, 0.5) is 0 Å². The van der Waals surface area contributed by atoms with Crippen molar-refractivity contribution in [3.05, 3.63) is 0 Å². The lowest BCUT2D eigenvalue weighted by atomic mass is 10.1. The van der Waals surface area contributed by atoms with Crippen LogP contribution in [0.15, 0.2) is 0 Å². The van der Waals surface area contributed by atoms with Gasteiger partial charge in [-0.25, -0.2) is 0 Å². The van der Waals surface area contributed by atoms with Crippen LogP contribution in [0.5, 0.6) is 0 Å². The second kappa shape index (κ2) is 4.18. The first-order chi connectivity index (χ1) is 6.80. The molecule has 0 bridgehead atoms. The van der Waals surface area contributed by atoms with Crippen LogP contribution in [0.1, 0.15) is 27.2 Å². The summed E-state index contributed by atoms with van der Waals surface area (Å²) in [5, 5.41) is 12.3. The van der Waals surface area contributed by atoms with E-state index in [0.717, 1.165) is 6.42 Å². The molecule has 2 amide bonds. The van der Waals surface area contributed by atoms with Gasteiger partial charge in [0.15, 0.2) is 0 Å². The minimum Gasteiger partial charge on any atom is -0.381 e. The number of nitrogens with zero attached hydrogens (tertiary/aromatic N) is 1. The maximum absolute atomic E-state index is 11.7. The number of likely N-dealkylation sites (tertiary alicyclic amines) is 1. The van der Waals surface area contributed by atoms with Crippen LogP contribution in [-0.2, 0) is 9.59 Å². The van der Waals surface area contributed by atoms with Gasteiger partial charge in [0.1, 0.15) is 5.60 Å². The topological polar surface area (TPSA) is 69.6 Å². The largest absolute Gasteiger partial charge is 0.381 e. The Hall–Kier alpha value is -1.10. The highest BCUT2D eigenvalue weighted by Gasteiger charge is 2.34. The van der Waals surface area contributed by atoms with Crippen molar-refractivity contribution in [2.45, 2.75) is 38.8 Å². The predicted octanol–water partition coefficient (Wildman–Crippen LogP) is -0.506. The Bertz CT molecular complexity index is 270. The summed E-state index contributed by atoms with van der Waals surface area (Å²) < 4.78 is 0. The van der Waals surface area contributed by atoms with E-state index in [1.807, 2.05) is 0 Å². The van der Waals surface area contributed by atoms with Crippen LogP contribution < -0.4 is 5.32 Å². The van der Waals surface area contributed by atoms with E-state index < -0.39 is 5.60 Å². The van der Waals surface area contributed by atoms with Crippen molar-refractivity contribution in [3.63, 3.8) is 0 Å². The number of carbonyl (C=O) groups is 2. The number of nitrogens with one attached hydrogen (secondary N) is 1. The molecule has 1 saturated heterocycles. The molecule has 1 rings (SSSR count). The quantitative estimate of drug-likeness (QED) is 0.650. The first-order valence-electron chi connectivity index (χ1n) is 5.09. The monoisotopic (exact) mass is 214 g/mol. The molecule has 1 heterocycles. The fourth-order valence-corrected chi connectivity index (χ4v) is 1.74. The SMILES string of the molecule is CC(=O)NC1CCN(C(=O)C(C)(C)O)C1. The van der Waals surface area contributed by atoms with Gasteiger partial charge in [-0.15, -0.1) is 0 Å². The molecule has 1 atom stereocenters. The van der Waals surface area contributed by atoms with Gasteiger partial charge in [0, 0.05) is 26.1 Å². The van der Waals surface area contributed by atoms with E-state index >= 15 is 0 Å². The van der Waals surface area contributed by atoms with Gasteiger partial charge >= 0.3 is 0 Å². The second-order valence-electron chi connectivity index (χ2n) is 4.50. The number of rotatable bonds is 2. The average molecular weight is 214 g/mol. The molecule has 86 valence electrons. The number of carbonyl (C=O) groups excluding carboxylic acids is 2. The molecule has 0 saturated carbocycles. The van der Waals surface area contributed by atoms with Gasteiger partial charge < -0.3 is 15.3 Å². The van der Waals surface area contributed by atoms with Crippen LogP contribution >= 0.6 is 0 Å². The Labute approximate surface area is 89.4 Å². The van der Waals surface area contributed by atoms with E-state index in [1.54, 1.807) is 4.90 Å². The van der Waals surface area contributed by atoms with Gasteiger partial charge in [0.05, 0.1) is 0 Å². The number of hydrogen-bond donors (Lipinski definition) is 2. The van der Waals surface area contributed by atoms with Crippen molar-refractivity contribution < 1.29 is 14.7 Å². The van der Waals surface area contributed by atoms with E-state index in [9.17, 15) is 14.7 Å². The predicted molar refractivity (Wildman–Crippen MR) is 55.1 cm³/mol. The highest BCUT2D eigenvalue weighted by atomic mass is 16.3. The highest BCUT2D eigenvalue weighted by Crippen LogP contribution is 2.15. The fourth-order valence-electron chi connectivity index (χ4n) is 1.74. The Balaban J connectivity index is 2.50. The summed E-state index contributed by atoms with van der Waals surface area (Å²) in [6, 6.07) is 0.0220. The van der Waals surface area contributed by atoms with E-state index in [2.05, 4.69) is 5.32 Å². The van der Waals surface area contributed by atoms with Gasteiger partial charge in [0.2, 0.25) is 5.91 Å². The Morgan fingerprint density at radius 3 is 2.53 bits per heavy atom. The van der Waals surface area contributed by atoms with Crippen molar-refractivity contribution in [1.82, 2.24) is 10.2 Å². The van der Waals surface area contributed by atoms with Crippen molar-refractivity contribution in [1.29, 1.82) is 0 Å². The molecule has 0 spiro atoms. The lowest BCUT2D eigenvalue weighted by molar-refractivity contribution is -0.146. The van der Waals surface area contributed by atoms with Gasteiger partial charge in [-0.2, -0.15) is 0 Å². The minimum atomic E-state index is -1.33. The maximum Gasteiger partial charge on any atom is 0.254 e. The van der Waals surface area contributed by atoms with Crippen molar-refractivity contribution in [2.75, 3.05) is 13.1 Å². The molecule has 1 aliphatic rings. The molecule has 1 unspecified atom stereocenters. The molecule has 1 fully saturated rings. The van der Waals surface area contributed by atoms with Crippen molar-refractivity contribution >= 4 is 11.8 Å². The standard InChI is InChI=1S/C10H18N2O3/c1-7(13)11-8-4-5-12(6-8)9(14)10(2,3)15/h8,15H,4-6H2,1-3H3,(H,11,13). The summed E-state index contributed by atoms with van der Waals surface area (Å²) in [5.41, 5.74) is -1.33. The summed E-state index contributed by atoms with van der Waals surface area (Å²) in [5.74, 6) is -0.368. The zero-order chi connectivity index (χ0) is 11.6. The Morgan fingerprint density at radius 2 is 2.07 bits per heavy atom. The van der Waals surface area contributed by atoms with Crippen LogP contribution in [0, 0.1) is 0 Å². The molecule has 5 nitrogen and oxygen atoms in total. The lowest BCUT2D eigenvalue weighted by Gasteiger charge is -2.24. The van der Waals surface area contributed by atoms with Crippen molar-refractivity contribution in [2.24, 2.45) is 0 Å². The third kappa shape index (κ3) is 3.20. The van der Waals surface area contributed by atoms with E-state index in [4.69, 9.17) is 0 Å². The zero-order valence-electron chi connectivity index (χ0n) is 9.41. The summed E-state index contributed by atoms with van der Waals surface area (Å²) in [4.78, 5) is 24.1. The Kier molecular flexibility index (Phi) is 3.34. The molecule has 0 aliphatic carbocycles. The van der Waals surface area contributed by atoms with Crippen LogP contribution in [0.3, 0.4) is 0 Å². The van der Waals surface area contributed by atoms with Crippen LogP contribution in [-0.4, -0.2) is 46.6 Å². The highest BCUT2D eigenvalue weighted by molar-refractivity contribution is 5.84. The second-order valence-corrected chi connectivity index (χ2v) is 4.50. The smallest absolute Gasteiger partial charge is 0.254 e. The first kappa shape index (κ1) is 12.0. The molecule has 5 heteroatoms. The maximum atomic E-state index is 11.7. The summed E-state index contributed by atoms with van der Waals surface area (Å²) in [6.45, 7) is 5.48. The van der Waals surface area contributed by atoms with Crippen molar-refractivity contribution in [3.8, 4) is 0 Å². The molecular weight excluding hydrogens is 196 g/mol. The minimum absolute atomic E-state index is 0.0220. The normalized spacial score (nSPS) is 21.6. The molecule has 1 aliphatic heterocycles. The van der Waals surface area contributed by atoms with E-state index in [1.165, 1.54) is 20.8 Å². The van der Waals surface area contributed by atoms with E-state index in [0.29, 0.717) is 13.1 Å². The fraction of sp³-hybridized carbons (Fsp3) is 0.800. The van der Waals surface area contributed by atoms with Gasteiger partial charge in [-0.1, -0.05) is 0 Å². The molecule has 2 N–H and O–H groups in total. The van der Waals surface area contributed by atoms with Crippen LogP contribution in [0.25, 0.3) is 0 Å². The van der Waals surface area contributed by atoms with Crippen LogP contribution in [0.2, 0.25) is 0 Å². The third-order valence-electron chi connectivity index (χ3n) is 2.41. The molecule has 0 aromatic heterocycles. The molecule has 0 aromatic rings. The first-order valence-corrected chi connectivity index (χ1v) is 5.09. The summed E-state index contributed by atoms with van der Waals surface area (Å²) >= 11 is 0. The number of hydrogen-bond acceptors (Lipinski definition) is 3. The molecular formula is C10H18N2O3. The third-order valence-corrected chi connectivity index (χ3v) is 2.41. The number of aliphatic hydroxyl groups is 1. The molecule has 15 heavy (non-hydrogen) atoms. The average Bonchev–Trinajstić information content (AvgIpc) is 2.48. The van der Waals surface area contributed by atoms with Gasteiger partial charge in [-0.05, 0) is 20.3 Å². The molecule has 0 radical (unpaired) electrons. The van der Waals surface area contributed by atoms with Gasteiger partial charge in [-0.3, -0.25) is 9.59 Å². The summed E-state index contributed by atoms with van der Waals surface area (Å²) in [7, 11) is 0. The lowest BCUT2D eigenvalue weighted by Crippen LogP contribution is -2.45. The Morgan fingerprint density at radius 1 is 1.47 bits per heavy atom. The van der Waals surface area contributed by atoms with E-state index in [-0.39, 0.29) is 17.9 Å². The van der Waals surface area contributed by atoms with Gasteiger partial charge in [0.25, 0.3) is 5.91 Å².